The van der Waals surface area contributed by atoms with Crippen molar-refractivity contribution in [3.63, 3.8) is 0 Å². The smallest absolute Gasteiger partial charge is 0.324 e. The first kappa shape index (κ1) is 17.5. The van der Waals surface area contributed by atoms with E-state index >= 15 is 0 Å². The van der Waals surface area contributed by atoms with E-state index in [0.717, 1.165) is 34.6 Å². The Hall–Kier alpha value is -2.37. The van der Waals surface area contributed by atoms with Crippen molar-refractivity contribution in [2.24, 2.45) is 5.92 Å². The summed E-state index contributed by atoms with van der Waals surface area (Å²) in [6.45, 7) is 7.53. The van der Waals surface area contributed by atoms with E-state index in [1.54, 1.807) is 6.92 Å². The minimum Gasteiger partial charge on any atom is -0.324 e. The van der Waals surface area contributed by atoms with Crippen molar-refractivity contribution >= 4 is 23.5 Å². The predicted octanol–water partition coefficient (Wildman–Crippen LogP) is 2.78. The lowest BCUT2D eigenvalue weighted by Crippen LogP contribution is -2.46. The predicted molar refractivity (Wildman–Crippen MR) is 95.3 cm³/mol. The van der Waals surface area contributed by atoms with Crippen molar-refractivity contribution in [2.45, 2.75) is 52.0 Å². The number of carbonyl (C=O) groups excluding carboxylic acids is 3. The highest BCUT2D eigenvalue weighted by Crippen LogP contribution is 2.42. The van der Waals surface area contributed by atoms with Crippen LogP contribution in [0.1, 0.15) is 50.7 Å². The van der Waals surface area contributed by atoms with E-state index in [0.29, 0.717) is 0 Å². The number of benzene rings is 1. The molecule has 0 spiro atoms. The van der Waals surface area contributed by atoms with Crippen molar-refractivity contribution in [1.29, 1.82) is 0 Å². The molecule has 3 rings (SSSR count). The molecule has 1 saturated carbocycles. The van der Waals surface area contributed by atoms with Gasteiger partial charge in [-0.1, -0.05) is 32.0 Å². The third-order valence-electron chi connectivity index (χ3n) is 5.19. The molecule has 1 aromatic carbocycles. The molecule has 0 radical (unpaired) electrons. The molecule has 1 heterocycles. The fourth-order valence-electron chi connectivity index (χ4n) is 3.46. The second-order valence-corrected chi connectivity index (χ2v) is 7.54. The third-order valence-corrected chi connectivity index (χ3v) is 5.19. The lowest BCUT2D eigenvalue weighted by Gasteiger charge is -2.21. The normalized spacial score (nSPS) is 23.2. The first-order valence-corrected chi connectivity index (χ1v) is 8.77. The van der Waals surface area contributed by atoms with Gasteiger partial charge in [-0.3, -0.25) is 14.5 Å². The topological polar surface area (TPSA) is 78.5 Å². The lowest BCUT2D eigenvalue weighted by atomic mass is 9.96. The van der Waals surface area contributed by atoms with Crippen LogP contribution in [0.25, 0.3) is 0 Å². The zero-order valence-electron chi connectivity index (χ0n) is 15.2. The fraction of sp³-hybridized carbons (Fsp3) is 0.526. The number of nitrogens with one attached hydrogen (secondary N) is 2. The fourth-order valence-corrected chi connectivity index (χ4v) is 3.46. The second kappa shape index (κ2) is 6.17. The summed E-state index contributed by atoms with van der Waals surface area (Å²) in [4.78, 5) is 38.3. The van der Waals surface area contributed by atoms with Gasteiger partial charge in [-0.05, 0) is 49.7 Å². The molecule has 4 amide bonds. The molecule has 1 aliphatic carbocycles. The van der Waals surface area contributed by atoms with E-state index in [9.17, 15) is 14.4 Å². The number of hydrogen-bond donors (Lipinski definition) is 2. The maximum Gasteiger partial charge on any atom is 0.325 e. The first-order chi connectivity index (χ1) is 11.7. The molecule has 0 unspecified atom stereocenters. The average Bonchev–Trinajstić information content (AvgIpc) is 3.35. The van der Waals surface area contributed by atoms with Gasteiger partial charge in [0, 0.05) is 5.69 Å². The van der Waals surface area contributed by atoms with Crippen LogP contribution in [0, 0.1) is 12.8 Å². The Morgan fingerprint density at radius 2 is 2.04 bits per heavy atom. The van der Waals surface area contributed by atoms with Gasteiger partial charge in [-0.2, -0.15) is 0 Å². The number of hydrogen-bond acceptors (Lipinski definition) is 3. The number of aryl methyl sites for hydroxylation is 1. The number of anilines is 1. The van der Waals surface area contributed by atoms with E-state index in [1.165, 1.54) is 0 Å². The minimum absolute atomic E-state index is 0.181. The molecule has 6 heteroatoms. The molecule has 1 aromatic rings. The third kappa shape index (κ3) is 3.13. The summed E-state index contributed by atoms with van der Waals surface area (Å²) < 4.78 is 0. The Bertz CT molecular complexity index is 739. The van der Waals surface area contributed by atoms with Gasteiger partial charge in [0.1, 0.15) is 12.1 Å². The van der Waals surface area contributed by atoms with Crippen LogP contribution >= 0.6 is 0 Å². The van der Waals surface area contributed by atoms with Gasteiger partial charge in [0.25, 0.3) is 5.91 Å². The standard InChI is InChI=1S/C19H25N3O3/c1-11(2)14-7-5-6-12(3)16(14)20-15(23)10-22-17(24)19(4,13-8-9-13)21-18(22)25/h5-7,11,13H,8-10H2,1-4H3,(H,20,23)(H,21,25)/t19-/m1/s1. The SMILES string of the molecule is Cc1cccc(C(C)C)c1NC(=O)CN1C(=O)N[C@](C)(C2CC2)C1=O. The van der Waals surface area contributed by atoms with Crippen molar-refractivity contribution in [2.75, 3.05) is 11.9 Å². The van der Waals surface area contributed by atoms with Crippen LogP contribution in [0.2, 0.25) is 0 Å². The van der Waals surface area contributed by atoms with Crippen LogP contribution in [-0.4, -0.2) is 34.8 Å². The molecule has 2 fully saturated rings. The van der Waals surface area contributed by atoms with E-state index in [2.05, 4.69) is 24.5 Å². The summed E-state index contributed by atoms with van der Waals surface area (Å²) in [6, 6.07) is 5.38. The van der Waals surface area contributed by atoms with Crippen LogP contribution in [-0.2, 0) is 9.59 Å². The van der Waals surface area contributed by atoms with Gasteiger partial charge in [0.2, 0.25) is 5.91 Å². The molecule has 2 N–H and O–H groups in total. The zero-order chi connectivity index (χ0) is 18.4. The molecule has 134 valence electrons. The molecule has 1 saturated heterocycles. The van der Waals surface area contributed by atoms with Crippen LogP contribution in [0.3, 0.4) is 0 Å². The van der Waals surface area contributed by atoms with E-state index in [4.69, 9.17) is 0 Å². The Balaban J connectivity index is 1.74. The Labute approximate surface area is 148 Å². The van der Waals surface area contributed by atoms with Gasteiger partial charge < -0.3 is 10.6 Å². The van der Waals surface area contributed by atoms with Crippen LogP contribution in [0.15, 0.2) is 18.2 Å². The largest absolute Gasteiger partial charge is 0.325 e. The van der Waals surface area contributed by atoms with Gasteiger partial charge in [-0.15, -0.1) is 0 Å². The maximum atomic E-state index is 12.6. The average molecular weight is 343 g/mol. The van der Waals surface area contributed by atoms with Gasteiger partial charge >= 0.3 is 6.03 Å². The zero-order valence-corrected chi connectivity index (χ0v) is 15.2. The van der Waals surface area contributed by atoms with Crippen molar-refractivity contribution < 1.29 is 14.4 Å². The van der Waals surface area contributed by atoms with Gasteiger partial charge in [0.15, 0.2) is 0 Å². The van der Waals surface area contributed by atoms with Crippen molar-refractivity contribution in [1.82, 2.24) is 10.2 Å². The van der Waals surface area contributed by atoms with E-state index in [1.807, 2.05) is 25.1 Å². The summed E-state index contributed by atoms with van der Waals surface area (Å²) in [7, 11) is 0. The Morgan fingerprint density at radius 3 is 2.64 bits per heavy atom. The number of imide groups is 1. The number of carbonyl (C=O) groups is 3. The van der Waals surface area contributed by atoms with E-state index < -0.39 is 11.6 Å². The first-order valence-electron chi connectivity index (χ1n) is 8.77. The molecular formula is C19H25N3O3. The summed E-state index contributed by atoms with van der Waals surface area (Å²) in [5.41, 5.74) is 1.90. The molecule has 1 aliphatic heterocycles. The molecule has 6 nitrogen and oxygen atoms in total. The van der Waals surface area contributed by atoms with Crippen molar-refractivity contribution in [3.05, 3.63) is 29.3 Å². The quantitative estimate of drug-likeness (QED) is 0.807. The van der Waals surface area contributed by atoms with Crippen LogP contribution in [0.5, 0.6) is 0 Å². The number of para-hydroxylation sites is 1. The van der Waals surface area contributed by atoms with Gasteiger partial charge in [-0.25, -0.2) is 4.79 Å². The number of amides is 4. The Morgan fingerprint density at radius 1 is 1.36 bits per heavy atom. The highest BCUT2D eigenvalue weighted by atomic mass is 16.2. The highest BCUT2D eigenvalue weighted by Gasteiger charge is 2.56. The molecule has 2 aliphatic rings. The van der Waals surface area contributed by atoms with Crippen molar-refractivity contribution in [3.8, 4) is 0 Å². The molecule has 0 bridgehead atoms. The maximum absolute atomic E-state index is 12.6. The Kier molecular flexibility index (Phi) is 4.31. The summed E-state index contributed by atoms with van der Waals surface area (Å²) in [6.07, 6.45) is 1.87. The van der Waals surface area contributed by atoms with Crippen LogP contribution < -0.4 is 10.6 Å². The monoisotopic (exact) mass is 343 g/mol. The van der Waals surface area contributed by atoms with E-state index in [-0.39, 0.29) is 30.2 Å². The number of nitrogens with zero attached hydrogens (tertiary/aromatic N) is 1. The van der Waals surface area contributed by atoms with Crippen LogP contribution in [0.4, 0.5) is 10.5 Å². The summed E-state index contributed by atoms with van der Waals surface area (Å²) in [5.74, 6) is -0.227. The second-order valence-electron chi connectivity index (χ2n) is 7.54. The molecule has 25 heavy (non-hydrogen) atoms. The minimum atomic E-state index is -0.858. The summed E-state index contributed by atoms with van der Waals surface area (Å²) in [5, 5.41) is 5.65. The molecule has 0 aromatic heterocycles. The molecule has 1 atom stereocenters. The number of rotatable bonds is 5. The highest BCUT2D eigenvalue weighted by molar-refractivity contribution is 6.10. The molecular weight excluding hydrogens is 318 g/mol. The van der Waals surface area contributed by atoms with Gasteiger partial charge in [0.05, 0.1) is 0 Å². The lowest BCUT2D eigenvalue weighted by molar-refractivity contribution is -0.134. The number of urea groups is 1. The summed E-state index contributed by atoms with van der Waals surface area (Å²) >= 11 is 0.